The Labute approximate surface area is 141 Å². The number of aliphatic hydroxyl groups excluding tert-OH is 1. The minimum absolute atomic E-state index is 0.0659. The van der Waals surface area contributed by atoms with Crippen LogP contribution in [0.5, 0.6) is 0 Å². The van der Waals surface area contributed by atoms with Gasteiger partial charge in [-0.1, -0.05) is 35.0 Å². The van der Waals surface area contributed by atoms with Crippen molar-refractivity contribution in [3.05, 3.63) is 69.7 Å². The molecule has 21 heavy (non-hydrogen) atoms. The van der Waals surface area contributed by atoms with E-state index >= 15 is 0 Å². The molecule has 2 rings (SSSR count). The predicted octanol–water partition coefficient (Wildman–Crippen LogP) is 5.80. The molecule has 0 radical (unpaired) electrons. The Morgan fingerprint density at radius 2 is 1.29 bits per heavy atom. The van der Waals surface area contributed by atoms with Crippen LogP contribution in [0, 0.1) is 0 Å². The maximum absolute atomic E-state index is 11.8. The van der Waals surface area contributed by atoms with Gasteiger partial charge in [-0.15, -0.1) is 0 Å². The highest BCUT2D eigenvalue weighted by Gasteiger charge is 2.05. The summed E-state index contributed by atoms with van der Waals surface area (Å²) in [6.45, 7) is 0. The minimum atomic E-state index is -0.253. The van der Waals surface area contributed by atoms with Crippen LogP contribution in [-0.4, -0.2) is 10.2 Å². The second-order valence-corrected chi connectivity index (χ2v) is 6.96. The number of thioether (sulfide) groups is 2. The van der Waals surface area contributed by atoms with E-state index in [9.17, 15) is 9.90 Å². The van der Waals surface area contributed by atoms with Gasteiger partial charge in [0.1, 0.15) is 0 Å². The van der Waals surface area contributed by atoms with E-state index in [4.69, 9.17) is 23.2 Å². The van der Waals surface area contributed by atoms with Crippen LogP contribution in [0.25, 0.3) is 0 Å². The average molecular weight is 357 g/mol. The molecule has 0 amide bonds. The molecule has 0 fully saturated rings. The Bertz CT molecular complexity index is 652. The molecule has 2 aromatic rings. The Hall–Kier alpha value is -1.07. The molecule has 0 bridgehead atoms. The lowest BCUT2D eigenvalue weighted by Gasteiger charge is -2.01. The first-order valence-electron chi connectivity index (χ1n) is 5.84. The molecule has 0 aliphatic heterocycles. The van der Waals surface area contributed by atoms with Gasteiger partial charge < -0.3 is 5.11 Å². The topological polar surface area (TPSA) is 37.3 Å². The standard InChI is InChI=1S/C15H10Cl2O2S2/c16-10-1-5-12(6-2-10)20-14(18)9-15(19)21-13-7-3-11(17)4-8-13/h1-9,18H/b14-9+. The van der Waals surface area contributed by atoms with Crippen molar-refractivity contribution in [2.75, 3.05) is 0 Å². The van der Waals surface area contributed by atoms with Crippen LogP contribution in [0.4, 0.5) is 0 Å². The first kappa shape index (κ1) is 16.3. The largest absolute Gasteiger partial charge is 0.502 e. The molecule has 1 N–H and O–H groups in total. The highest BCUT2D eigenvalue weighted by atomic mass is 35.5. The van der Waals surface area contributed by atoms with Crippen molar-refractivity contribution in [1.82, 2.24) is 0 Å². The zero-order valence-corrected chi connectivity index (χ0v) is 13.8. The molecule has 0 spiro atoms. The van der Waals surface area contributed by atoms with Gasteiger partial charge in [-0.05, 0) is 60.3 Å². The average Bonchev–Trinajstić information content (AvgIpc) is 2.44. The number of hydrogen-bond acceptors (Lipinski definition) is 4. The lowest BCUT2D eigenvalue weighted by atomic mass is 10.4. The van der Waals surface area contributed by atoms with Crippen molar-refractivity contribution < 1.29 is 9.90 Å². The van der Waals surface area contributed by atoms with E-state index in [1.54, 1.807) is 48.5 Å². The predicted molar refractivity (Wildman–Crippen MR) is 90.3 cm³/mol. The fraction of sp³-hybridized carbons (Fsp3) is 0. The third-order valence-electron chi connectivity index (χ3n) is 2.31. The van der Waals surface area contributed by atoms with E-state index < -0.39 is 0 Å². The van der Waals surface area contributed by atoms with E-state index in [1.165, 1.54) is 6.08 Å². The summed E-state index contributed by atoms with van der Waals surface area (Å²) in [6, 6.07) is 13.9. The second kappa shape index (κ2) is 7.80. The van der Waals surface area contributed by atoms with Gasteiger partial charge in [0.2, 0.25) is 5.12 Å². The lowest BCUT2D eigenvalue weighted by Crippen LogP contribution is -1.87. The SMILES string of the molecule is O=C(/C=C(\O)Sc1ccc(Cl)cc1)Sc1ccc(Cl)cc1. The molecule has 0 aliphatic rings. The third-order valence-corrected chi connectivity index (χ3v) is 4.48. The summed E-state index contributed by atoms with van der Waals surface area (Å²) in [7, 11) is 0. The maximum atomic E-state index is 11.8. The number of benzene rings is 2. The molecule has 0 aromatic heterocycles. The number of halogens is 2. The minimum Gasteiger partial charge on any atom is -0.502 e. The molecular formula is C15H10Cl2O2S2. The Morgan fingerprint density at radius 3 is 1.76 bits per heavy atom. The van der Waals surface area contributed by atoms with E-state index in [2.05, 4.69) is 0 Å². The molecular weight excluding hydrogens is 347 g/mol. The fourth-order valence-electron chi connectivity index (χ4n) is 1.40. The van der Waals surface area contributed by atoms with E-state index in [0.29, 0.717) is 10.0 Å². The van der Waals surface area contributed by atoms with Gasteiger partial charge in [0.25, 0.3) is 0 Å². The van der Waals surface area contributed by atoms with Crippen molar-refractivity contribution in [2.24, 2.45) is 0 Å². The fourth-order valence-corrected chi connectivity index (χ4v) is 3.08. The van der Waals surface area contributed by atoms with Gasteiger partial charge in [0.15, 0.2) is 5.09 Å². The number of hydrogen-bond donors (Lipinski definition) is 1. The summed E-state index contributed by atoms with van der Waals surface area (Å²) in [5.41, 5.74) is 0. The molecule has 0 saturated heterocycles. The molecule has 108 valence electrons. The molecule has 2 nitrogen and oxygen atoms in total. The summed E-state index contributed by atoms with van der Waals surface area (Å²) in [5.74, 6) is 0. The van der Waals surface area contributed by atoms with Crippen molar-refractivity contribution in [2.45, 2.75) is 9.79 Å². The molecule has 0 unspecified atom stereocenters. The van der Waals surface area contributed by atoms with Crippen molar-refractivity contribution in [3.63, 3.8) is 0 Å². The Kier molecular flexibility index (Phi) is 6.06. The number of carbonyl (C=O) groups is 1. The van der Waals surface area contributed by atoms with E-state index in [0.717, 1.165) is 33.3 Å². The smallest absolute Gasteiger partial charge is 0.221 e. The van der Waals surface area contributed by atoms with Gasteiger partial charge in [0.05, 0.1) is 0 Å². The normalized spacial score (nSPS) is 11.4. The van der Waals surface area contributed by atoms with Gasteiger partial charge in [-0.3, -0.25) is 4.79 Å². The van der Waals surface area contributed by atoms with Crippen LogP contribution in [0.1, 0.15) is 0 Å². The van der Waals surface area contributed by atoms with Gasteiger partial charge in [-0.2, -0.15) is 0 Å². The first-order chi connectivity index (χ1) is 10.0. The summed E-state index contributed by atoms with van der Waals surface area (Å²) in [4.78, 5) is 13.4. The van der Waals surface area contributed by atoms with E-state index in [1.807, 2.05) is 0 Å². The number of carbonyl (C=O) groups excluding carboxylic acids is 1. The Balaban J connectivity index is 1.96. The maximum Gasteiger partial charge on any atom is 0.221 e. The van der Waals surface area contributed by atoms with Gasteiger partial charge >= 0.3 is 0 Å². The zero-order chi connectivity index (χ0) is 15.2. The Morgan fingerprint density at radius 1 is 0.857 bits per heavy atom. The van der Waals surface area contributed by atoms with Crippen molar-refractivity contribution >= 4 is 51.8 Å². The molecule has 0 saturated carbocycles. The summed E-state index contributed by atoms with van der Waals surface area (Å²) in [5, 5.41) is 10.7. The van der Waals surface area contributed by atoms with Crippen LogP contribution < -0.4 is 0 Å². The molecule has 0 atom stereocenters. The third kappa shape index (κ3) is 5.67. The quantitative estimate of drug-likeness (QED) is 0.426. The summed E-state index contributed by atoms with van der Waals surface area (Å²) < 4.78 is 0. The number of rotatable bonds is 4. The summed E-state index contributed by atoms with van der Waals surface area (Å²) in [6.07, 6.45) is 1.19. The molecule has 2 aromatic carbocycles. The summed E-state index contributed by atoms with van der Waals surface area (Å²) >= 11 is 13.7. The van der Waals surface area contributed by atoms with Gasteiger partial charge in [-0.25, -0.2) is 0 Å². The van der Waals surface area contributed by atoms with Crippen molar-refractivity contribution in [1.29, 1.82) is 0 Å². The highest BCUT2D eigenvalue weighted by molar-refractivity contribution is 8.14. The second-order valence-electron chi connectivity index (χ2n) is 3.91. The molecule has 0 aliphatic carbocycles. The first-order valence-corrected chi connectivity index (χ1v) is 8.23. The lowest BCUT2D eigenvalue weighted by molar-refractivity contribution is -0.107. The number of aliphatic hydroxyl groups is 1. The monoisotopic (exact) mass is 356 g/mol. The van der Waals surface area contributed by atoms with Crippen LogP contribution in [0.3, 0.4) is 0 Å². The van der Waals surface area contributed by atoms with Crippen molar-refractivity contribution in [3.8, 4) is 0 Å². The van der Waals surface area contributed by atoms with Crippen LogP contribution in [0.15, 0.2) is 69.5 Å². The zero-order valence-electron chi connectivity index (χ0n) is 10.6. The molecule has 6 heteroatoms. The molecule has 0 heterocycles. The van der Waals surface area contributed by atoms with Crippen LogP contribution >= 0.6 is 46.7 Å². The van der Waals surface area contributed by atoms with Gasteiger partial charge in [0, 0.05) is 25.9 Å². The van der Waals surface area contributed by atoms with E-state index in [-0.39, 0.29) is 10.2 Å². The highest BCUT2D eigenvalue weighted by Crippen LogP contribution is 2.28. The van der Waals surface area contributed by atoms with Crippen LogP contribution in [0.2, 0.25) is 10.0 Å². The van der Waals surface area contributed by atoms with Crippen LogP contribution in [-0.2, 0) is 4.79 Å².